The van der Waals surface area contributed by atoms with Gasteiger partial charge in [0, 0.05) is 19.2 Å². The van der Waals surface area contributed by atoms with Crippen molar-refractivity contribution in [1.29, 1.82) is 0 Å². The minimum atomic E-state index is -4.05. The van der Waals surface area contributed by atoms with E-state index in [0.29, 0.717) is 21.7 Å². The second kappa shape index (κ2) is 10.9. The van der Waals surface area contributed by atoms with Gasteiger partial charge < -0.3 is 14.4 Å². The lowest BCUT2D eigenvalue weighted by Crippen LogP contribution is -2.41. The van der Waals surface area contributed by atoms with Gasteiger partial charge in [0.1, 0.15) is 18.0 Å². The van der Waals surface area contributed by atoms with Crippen LogP contribution in [0, 0.1) is 6.92 Å². The normalized spacial score (nSPS) is 11.1. The largest absolute Gasteiger partial charge is 0.496 e. The zero-order chi connectivity index (χ0) is 24.9. The molecule has 0 aliphatic heterocycles. The van der Waals surface area contributed by atoms with Crippen LogP contribution in [0.2, 0.25) is 0 Å². The molecule has 3 aromatic carbocycles. The Bertz CT molecular complexity index is 1260. The van der Waals surface area contributed by atoms with E-state index >= 15 is 0 Å². The van der Waals surface area contributed by atoms with Gasteiger partial charge in [-0.15, -0.1) is 0 Å². The molecule has 180 valence electrons. The van der Waals surface area contributed by atoms with Crippen LogP contribution in [-0.2, 0) is 21.4 Å². The Kier molecular flexibility index (Phi) is 8.22. The number of benzene rings is 3. The molecule has 0 atom stereocenters. The number of likely N-dealkylation sites (N-methyl/N-ethyl adjacent to an activating group) is 1. The summed E-state index contributed by atoms with van der Waals surface area (Å²) in [6.45, 7) is 1.83. The van der Waals surface area contributed by atoms with Gasteiger partial charge in [-0.25, -0.2) is 8.42 Å². The molecule has 0 fully saturated rings. The first-order valence-corrected chi connectivity index (χ1v) is 12.7. The molecule has 0 saturated carbocycles. The third-order valence-electron chi connectivity index (χ3n) is 5.34. The van der Waals surface area contributed by atoms with Crippen LogP contribution in [-0.4, -0.2) is 47.0 Å². The maximum atomic E-state index is 13.7. The molecule has 0 aliphatic rings. The van der Waals surface area contributed by atoms with E-state index in [9.17, 15) is 13.2 Å². The van der Waals surface area contributed by atoms with Gasteiger partial charge in [0.05, 0.1) is 29.3 Å². The molecule has 0 N–H and O–H groups in total. The first-order valence-electron chi connectivity index (χ1n) is 10.5. The second-order valence-electron chi connectivity index (χ2n) is 7.71. The molecule has 1 amide bonds. The summed E-state index contributed by atoms with van der Waals surface area (Å²) < 4.78 is 39.5. The predicted molar refractivity (Wildman–Crippen MR) is 136 cm³/mol. The summed E-state index contributed by atoms with van der Waals surface area (Å²) in [5.41, 5.74) is 2.20. The quantitative estimate of drug-likeness (QED) is 0.391. The van der Waals surface area contributed by atoms with Crippen molar-refractivity contribution in [2.45, 2.75) is 18.4 Å². The lowest BCUT2D eigenvalue weighted by atomic mass is 10.2. The van der Waals surface area contributed by atoms with E-state index in [2.05, 4.69) is 15.9 Å². The molecule has 3 rings (SSSR count). The van der Waals surface area contributed by atoms with E-state index in [1.165, 1.54) is 24.1 Å². The van der Waals surface area contributed by atoms with Gasteiger partial charge >= 0.3 is 0 Å². The van der Waals surface area contributed by atoms with Gasteiger partial charge in [-0.3, -0.25) is 9.10 Å². The van der Waals surface area contributed by atoms with Crippen LogP contribution in [0.1, 0.15) is 11.1 Å². The number of para-hydroxylation sites is 1. The highest BCUT2D eigenvalue weighted by molar-refractivity contribution is 9.10. The molecule has 0 saturated heterocycles. The fourth-order valence-corrected chi connectivity index (χ4v) is 5.51. The molecule has 7 nitrogen and oxygen atoms in total. The molecule has 0 unspecified atom stereocenters. The van der Waals surface area contributed by atoms with Gasteiger partial charge in [0.15, 0.2) is 0 Å². The number of rotatable bonds is 9. The van der Waals surface area contributed by atoms with E-state index < -0.39 is 10.0 Å². The number of anilines is 1. The summed E-state index contributed by atoms with van der Waals surface area (Å²) in [6, 6.07) is 18.9. The van der Waals surface area contributed by atoms with Crippen molar-refractivity contribution in [1.82, 2.24) is 4.90 Å². The fraction of sp³-hybridized carbons (Fsp3) is 0.240. The maximum Gasteiger partial charge on any atom is 0.264 e. The van der Waals surface area contributed by atoms with Crippen LogP contribution in [0.15, 0.2) is 76.1 Å². The molecular weight excluding hydrogens is 520 g/mol. The molecule has 0 aromatic heterocycles. The summed E-state index contributed by atoms with van der Waals surface area (Å²) in [4.78, 5) is 14.7. The molecule has 34 heavy (non-hydrogen) atoms. The number of carbonyl (C=O) groups is 1. The number of aryl methyl sites for hydroxylation is 1. The zero-order valence-corrected chi connectivity index (χ0v) is 21.9. The average Bonchev–Trinajstić information content (AvgIpc) is 2.83. The average molecular weight is 547 g/mol. The standard InChI is InChI=1S/C25H27BrN2O5S/c1-18-9-11-20(12-10-18)28(34(30,31)21-13-14-24(33-4)22(26)15-21)17-25(29)27(2)16-19-7-5-6-8-23(19)32-3/h5-15H,16-17H2,1-4H3. The number of carbonyl (C=O) groups excluding carboxylic acids is 1. The summed E-state index contributed by atoms with van der Waals surface area (Å²) in [7, 11) is 0.656. The fourth-order valence-electron chi connectivity index (χ4n) is 3.38. The molecule has 0 bridgehead atoms. The van der Waals surface area contributed by atoms with E-state index in [-0.39, 0.29) is 23.9 Å². The van der Waals surface area contributed by atoms with E-state index in [1.54, 1.807) is 32.4 Å². The van der Waals surface area contributed by atoms with E-state index in [1.807, 2.05) is 43.3 Å². The number of ether oxygens (including phenoxy) is 2. The smallest absolute Gasteiger partial charge is 0.264 e. The number of sulfonamides is 1. The lowest BCUT2D eigenvalue weighted by Gasteiger charge is -2.27. The van der Waals surface area contributed by atoms with Crippen molar-refractivity contribution in [2.24, 2.45) is 0 Å². The van der Waals surface area contributed by atoms with Gasteiger partial charge in [-0.2, -0.15) is 0 Å². The highest BCUT2D eigenvalue weighted by Gasteiger charge is 2.29. The zero-order valence-electron chi connectivity index (χ0n) is 19.5. The van der Waals surface area contributed by atoms with Crippen molar-refractivity contribution >= 4 is 37.5 Å². The SMILES string of the molecule is COc1ccc(S(=O)(=O)N(CC(=O)N(C)Cc2ccccc2OC)c2ccc(C)cc2)cc1Br. The van der Waals surface area contributed by atoms with Gasteiger partial charge in [0.2, 0.25) is 5.91 Å². The van der Waals surface area contributed by atoms with Gasteiger partial charge in [-0.1, -0.05) is 35.9 Å². The van der Waals surface area contributed by atoms with Crippen LogP contribution in [0.4, 0.5) is 5.69 Å². The van der Waals surface area contributed by atoms with Crippen LogP contribution in [0.5, 0.6) is 11.5 Å². The number of methoxy groups -OCH3 is 2. The van der Waals surface area contributed by atoms with Crippen molar-refractivity contribution in [3.63, 3.8) is 0 Å². The van der Waals surface area contributed by atoms with Crippen molar-refractivity contribution in [2.75, 3.05) is 32.1 Å². The van der Waals surface area contributed by atoms with Crippen molar-refractivity contribution < 1.29 is 22.7 Å². The monoisotopic (exact) mass is 546 g/mol. The summed E-state index contributed by atoms with van der Waals surface area (Å²) in [5, 5.41) is 0. The minimum absolute atomic E-state index is 0.0425. The maximum absolute atomic E-state index is 13.7. The molecular formula is C25H27BrN2O5S. The Morgan fingerprint density at radius 2 is 1.59 bits per heavy atom. The molecule has 3 aromatic rings. The van der Waals surface area contributed by atoms with Crippen molar-refractivity contribution in [3.8, 4) is 11.5 Å². The first-order chi connectivity index (χ1) is 16.2. The summed E-state index contributed by atoms with van der Waals surface area (Å²) >= 11 is 3.34. The van der Waals surface area contributed by atoms with Gasteiger partial charge in [-0.05, 0) is 59.3 Å². The van der Waals surface area contributed by atoms with Crippen molar-refractivity contribution in [3.05, 3.63) is 82.3 Å². The number of nitrogens with zero attached hydrogens (tertiary/aromatic N) is 2. The third kappa shape index (κ3) is 5.71. The Morgan fingerprint density at radius 3 is 2.21 bits per heavy atom. The van der Waals surface area contributed by atoms with Crippen LogP contribution < -0.4 is 13.8 Å². The third-order valence-corrected chi connectivity index (χ3v) is 7.73. The van der Waals surface area contributed by atoms with Crippen LogP contribution >= 0.6 is 15.9 Å². The Balaban J connectivity index is 1.94. The van der Waals surface area contributed by atoms with Gasteiger partial charge in [0.25, 0.3) is 10.0 Å². The summed E-state index contributed by atoms with van der Waals surface area (Å²) in [6.07, 6.45) is 0. The number of halogens is 1. The predicted octanol–water partition coefficient (Wildman–Crippen LogP) is 4.63. The first kappa shape index (κ1) is 25.6. The molecule has 0 radical (unpaired) electrons. The molecule has 0 spiro atoms. The second-order valence-corrected chi connectivity index (χ2v) is 10.4. The number of hydrogen-bond acceptors (Lipinski definition) is 5. The van der Waals surface area contributed by atoms with Crippen LogP contribution in [0.3, 0.4) is 0 Å². The highest BCUT2D eigenvalue weighted by atomic mass is 79.9. The number of hydrogen-bond donors (Lipinski definition) is 0. The Hall–Kier alpha value is -3.04. The molecule has 0 aliphatic carbocycles. The number of amides is 1. The topological polar surface area (TPSA) is 76.2 Å². The Morgan fingerprint density at radius 1 is 0.941 bits per heavy atom. The van der Waals surface area contributed by atoms with Crippen LogP contribution in [0.25, 0.3) is 0 Å². The summed E-state index contributed by atoms with van der Waals surface area (Å²) in [5.74, 6) is 0.810. The lowest BCUT2D eigenvalue weighted by molar-refractivity contribution is -0.128. The van der Waals surface area contributed by atoms with E-state index in [4.69, 9.17) is 9.47 Å². The minimum Gasteiger partial charge on any atom is -0.496 e. The molecule has 9 heteroatoms. The Labute approximate surface area is 209 Å². The molecule has 0 heterocycles. The van der Waals surface area contributed by atoms with E-state index in [0.717, 1.165) is 15.4 Å². The highest BCUT2D eigenvalue weighted by Crippen LogP contribution is 2.31.